The molecule has 7 rings (SSSR count). The van der Waals surface area contributed by atoms with Gasteiger partial charge in [0.05, 0.1) is 18.2 Å². The summed E-state index contributed by atoms with van der Waals surface area (Å²) in [4.78, 5) is 52.1. The molecule has 2 heterocycles. The van der Waals surface area contributed by atoms with Crippen molar-refractivity contribution in [3.05, 3.63) is 23.8 Å². The summed E-state index contributed by atoms with van der Waals surface area (Å²) in [7, 11) is 0. The highest BCUT2D eigenvalue weighted by atomic mass is 16.7. The monoisotopic (exact) mass is 998 g/mol. The molecule has 2 aliphatic heterocycles. The zero-order valence-corrected chi connectivity index (χ0v) is 39.7. The van der Waals surface area contributed by atoms with Crippen molar-refractivity contribution in [2.75, 3.05) is 19.7 Å². The Hall–Kier alpha value is -2.92. The van der Waals surface area contributed by atoms with E-state index in [-0.39, 0.29) is 93.8 Å². The van der Waals surface area contributed by atoms with E-state index < -0.39 is 139 Å². The maximum Gasteiger partial charge on any atom is 0.305 e. The summed E-state index contributed by atoms with van der Waals surface area (Å²) >= 11 is 0. The van der Waals surface area contributed by atoms with Crippen molar-refractivity contribution in [3.63, 3.8) is 0 Å². The van der Waals surface area contributed by atoms with Crippen molar-refractivity contribution in [2.45, 2.75) is 194 Å². The standard InChI is InChI=1S/C47H75N5O18/c1-45-12-9-21(53)15-20(45)7-8-22-23-10-13-47(65,46(23,2)17-27(55)32(22)45)30(56)5-3-4-6-31(57)66-19-29-34(58)33(51)36(60)43(68-29)70-41-25(52-42(64)26(54)11-14-48)16-24(50)40(39(41)63)69-44-38(62)37(61)35(59)28(18-49)67-44/h9,12,15,22-29,32-41,43-44,54-55,58-63,65H,3-8,10-11,13-14,16-19,48-51H2,1-2H3,(H,52,64)/t22?,23?,24-,25+,26-,27-,28+,29+,32?,33-,34+,35+,36+,37-,38+,39-,40+,41-,43+,44+,45-,46-,47-/m0/s1. The lowest BCUT2D eigenvalue weighted by Gasteiger charge is -2.59. The minimum absolute atomic E-state index is 0.0145. The fraction of sp³-hybridized carbons (Fsp3) is 0.830. The maximum atomic E-state index is 13.9. The SMILES string of the molecule is C[C@]12C=CC(=O)C=C1CCC1C2[C@@H](O)C[C@@]2(C)C1CC[C@]2(O)C(=O)CCCCC(=O)OC[C@H]1O[C@H](O[C@@H]2[C@@H](O)[C@H](O[C@H]3O[C@H](CN)[C@@H](O)[C@H](O)[C@H]3O)[C@@H](N)C[C@H]2NC(=O)[C@@H](O)CCN)[C@H](O)[C@@H](N)[C@@H]1O. The number of aliphatic hydroxyl groups excluding tert-OH is 8. The van der Waals surface area contributed by atoms with Gasteiger partial charge in [0, 0.05) is 42.2 Å². The van der Waals surface area contributed by atoms with Gasteiger partial charge in [0.15, 0.2) is 24.1 Å². The minimum atomic E-state index is -1.83. The van der Waals surface area contributed by atoms with Crippen LogP contribution in [0, 0.1) is 28.6 Å². The van der Waals surface area contributed by atoms with Crippen LogP contribution in [0.2, 0.25) is 0 Å². The van der Waals surface area contributed by atoms with E-state index in [0.717, 1.165) is 12.0 Å². The van der Waals surface area contributed by atoms with Gasteiger partial charge < -0.3 is 97.9 Å². The smallest absolute Gasteiger partial charge is 0.305 e. The average molecular weight is 998 g/mol. The molecule has 70 heavy (non-hydrogen) atoms. The molecular formula is C47H75N5O18. The number of rotatable bonds is 17. The second-order valence-corrected chi connectivity index (χ2v) is 21.1. The molecule has 0 aromatic heterocycles. The van der Waals surface area contributed by atoms with Crippen LogP contribution in [-0.4, -0.2) is 199 Å². The molecule has 2 saturated heterocycles. The van der Waals surface area contributed by atoms with Gasteiger partial charge in [-0.25, -0.2) is 0 Å². The highest BCUT2D eigenvalue weighted by Crippen LogP contribution is 2.67. The molecule has 0 spiro atoms. The maximum absolute atomic E-state index is 13.9. The normalized spacial score (nSPS) is 46.2. The Kier molecular flexibility index (Phi) is 17.1. The van der Waals surface area contributed by atoms with E-state index in [4.69, 9.17) is 46.6 Å². The Morgan fingerprint density at radius 2 is 1.54 bits per heavy atom. The van der Waals surface area contributed by atoms with Gasteiger partial charge in [-0.2, -0.15) is 0 Å². The number of carbonyl (C=O) groups excluding carboxylic acids is 4. The lowest BCUT2D eigenvalue weighted by Crippen LogP contribution is -2.69. The summed E-state index contributed by atoms with van der Waals surface area (Å²) in [6, 6.07) is -3.80. The number of nitrogens with one attached hydrogen (secondary N) is 1. The third-order valence-corrected chi connectivity index (χ3v) is 16.9. The summed E-state index contributed by atoms with van der Waals surface area (Å²) in [5.41, 5.74) is 21.8. The van der Waals surface area contributed by atoms with E-state index in [1.165, 1.54) is 0 Å². The second-order valence-electron chi connectivity index (χ2n) is 21.1. The number of amides is 1. The number of carbonyl (C=O) groups is 4. The van der Waals surface area contributed by atoms with Crippen LogP contribution in [0.25, 0.3) is 0 Å². The number of Topliss-reactive ketones (excluding diaryl/α,β-unsaturated/α-hetero) is 1. The number of fused-ring (bicyclic) bond motifs is 5. The number of ether oxygens (including phenoxy) is 5. The molecule has 7 aliphatic rings. The molecule has 396 valence electrons. The zero-order chi connectivity index (χ0) is 51.2. The molecular weight excluding hydrogens is 923 g/mol. The van der Waals surface area contributed by atoms with Gasteiger partial charge in [0.1, 0.15) is 79.4 Å². The first kappa shape index (κ1) is 54.8. The molecule has 0 aromatic rings. The Morgan fingerprint density at radius 1 is 0.871 bits per heavy atom. The first-order valence-electron chi connectivity index (χ1n) is 24.6. The first-order valence-corrected chi connectivity index (χ1v) is 24.6. The van der Waals surface area contributed by atoms with Gasteiger partial charge >= 0.3 is 5.97 Å². The molecule has 1 amide bonds. The van der Waals surface area contributed by atoms with Gasteiger partial charge in [-0.1, -0.05) is 25.5 Å². The zero-order valence-electron chi connectivity index (χ0n) is 39.7. The van der Waals surface area contributed by atoms with Crippen LogP contribution < -0.4 is 28.3 Å². The Morgan fingerprint density at radius 3 is 2.24 bits per heavy atom. The van der Waals surface area contributed by atoms with Gasteiger partial charge in [0.25, 0.3) is 0 Å². The number of unbranched alkanes of at least 4 members (excludes halogenated alkanes) is 1. The topological polar surface area (TPSA) is 413 Å². The lowest BCUT2D eigenvalue weighted by molar-refractivity contribution is -0.332. The summed E-state index contributed by atoms with van der Waals surface area (Å²) in [5, 5.41) is 102. The summed E-state index contributed by atoms with van der Waals surface area (Å²) in [5.74, 6) is -2.15. The first-order chi connectivity index (χ1) is 33.0. The van der Waals surface area contributed by atoms with E-state index in [0.29, 0.717) is 12.8 Å². The summed E-state index contributed by atoms with van der Waals surface area (Å²) < 4.78 is 28.8. The number of hydrogen-bond acceptors (Lipinski definition) is 22. The van der Waals surface area contributed by atoms with Crippen molar-refractivity contribution in [1.82, 2.24) is 5.32 Å². The number of nitrogens with two attached hydrogens (primary N) is 4. The molecule has 0 bridgehead atoms. The molecule has 18 N–H and O–H groups in total. The van der Waals surface area contributed by atoms with E-state index in [1.807, 2.05) is 13.0 Å². The molecule has 0 aromatic carbocycles. The van der Waals surface area contributed by atoms with Crippen LogP contribution in [0.15, 0.2) is 23.8 Å². The Labute approximate surface area is 405 Å². The third kappa shape index (κ3) is 10.3. The quantitative estimate of drug-likeness (QED) is 0.0481. The molecule has 6 fully saturated rings. The number of esters is 1. The van der Waals surface area contributed by atoms with Crippen molar-refractivity contribution in [1.29, 1.82) is 0 Å². The predicted octanol–water partition coefficient (Wildman–Crippen LogP) is -4.73. The van der Waals surface area contributed by atoms with Crippen LogP contribution >= 0.6 is 0 Å². The van der Waals surface area contributed by atoms with Gasteiger partial charge in [-0.05, 0) is 88.3 Å². The second kappa shape index (κ2) is 21.9. The molecule has 23 heteroatoms. The van der Waals surface area contributed by atoms with E-state index in [9.17, 15) is 65.1 Å². The van der Waals surface area contributed by atoms with Crippen molar-refractivity contribution in [2.24, 2.45) is 51.5 Å². The van der Waals surface area contributed by atoms with Gasteiger partial charge in [-0.3, -0.25) is 19.2 Å². The van der Waals surface area contributed by atoms with Gasteiger partial charge in [0.2, 0.25) is 5.91 Å². The fourth-order valence-electron chi connectivity index (χ4n) is 12.9. The van der Waals surface area contributed by atoms with E-state index in [1.54, 1.807) is 12.2 Å². The lowest BCUT2D eigenvalue weighted by atomic mass is 9.46. The van der Waals surface area contributed by atoms with Crippen LogP contribution in [0.3, 0.4) is 0 Å². The van der Waals surface area contributed by atoms with E-state index >= 15 is 0 Å². The van der Waals surface area contributed by atoms with Crippen molar-refractivity contribution >= 4 is 23.4 Å². The van der Waals surface area contributed by atoms with Crippen LogP contribution in [0.4, 0.5) is 0 Å². The average Bonchev–Trinajstić information content (AvgIpc) is 3.59. The summed E-state index contributed by atoms with van der Waals surface area (Å²) in [6.07, 6.45) is -14.1. The number of allylic oxidation sites excluding steroid dienone is 4. The van der Waals surface area contributed by atoms with Crippen molar-refractivity contribution in [3.8, 4) is 0 Å². The minimum Gasteiger partial charge on any atom is -0.463 e. The number of ketones is 2. The number of aliphatic hydroxyl groups is 9. The molecule has 4 saturated carbocycles. The fourth-order valence-corrected chi connectivity index (χ4v) is 12.9. The predicted molar refractivity (Wildman–Crippen MR) is 242 cm³/mol. The van der Waals surface area contributed by atoms with Crippen LogP contribution in [0.1, 0.15) is 84.5 Å². The Bertz CT molecular complexity index is 1960. The number of hydrogen-bond donors (Lipinski definition) is 14. The highest BCUT2D eigenvalue weighted by Gasteiger charge is 2.68. The molecule has 5 aliphatic carbocycles. The molecule has 23 nitrogen and oxygen atoms in total. The molecule has 23 atom stereocenters. The third-order valence-electron chi connectivity index (χ3n) is 16.9. The van der Waals surface area contributed by atoms with Crippen LogP contribution in [0.5, 0.6) is 0 Å². The summed E-state index contributed by atoms with van der Waals surface area (Å²) in [6.45, 7) is 3.07. The molecule has 3 unspecified atom stereocenters. The Balaban J connectivity index is 0.941. The van der Waals surface area contributed by atoms with Gasteiger partial charge in [-0.15, -0.1) is 0 Å². The largest absolute Gasteiger partial charge is 0.463 e. The molecule has 0 radical (unpaired) electrons. The van der Waals surface area contributed by atoms with E-state index in [2.05, 4.69) is 12.2 Å². The van der Waals surface area contributed by atoms with Crippen LogP contribution in [-0.2, 0) is 42.9 Å². The van der Waals surface area contributed by atoms with Crippen molar-refractivity contribution < 1.29 is 88.8 Å². The highest BCUT2D eigenvalue weighted by molar-refractivity contribution is 6.01.